The molecule has 1 aliphatic rings. The van der Waals surface area contributed by atoms with Crippen LogP contribution >= 0.6 is 15.9 Å². The Morgan fingerprint density at radius 3 is 2.82 bits per heavy atom. The molecule has 2 atom stereocenters. The Kier molecular flexibility index (Phi) is 3.69. The number of fused-ring (bicyclic) bond motifs is 2. The van der Waals surface area contributed by atoms with Crippen molar-refractivity contribution in [1.29, 1.82) is 0 Å². The van der Waals surface area contributed by atoms with E-state index in [4.69, 9.17) is 0 Å². The number of carbonyl (C=O) groups excluding carboxylic acids is 1. The molecule has 0 radical (unpaired) electrons. The van der Waals surface area contributed by atoms with Gasteiger partial charge in [-0.15, -0.1) is 0 Å². The summed E-state index contributed by atoms with van der Waals surface area (Å²) in [7, 11) is 0. The van der Waals surface area contributed by atoms with Crippen molar-refractivity contribution in [3.63, 3.8) is 0 Å². The molecule has 2 N–H and O–H groups in total. The molecule has 0 spiro atoms. The largest absolute Gasteiger partial charge is 0.309 e. The lowest BCUT2D eigenvalue weighted by atomic mass is 10.1. The molecule has 28 heavy (non-hydrogen) atoms. The van der Waals surface area contributed by atoms with Crippen molar-refractivity contribution < 1.29 is 18.0 Å². The Morgan fingerprint density at radius 2 is 2.07 bits per heavy atom. The Labute approximate surface area is 163 Å². The van der Waals surface area contributed by atoms with E-state index in [0.717, 1.165) is 0 Å². The summed E-state index contributed by atoms with van der Waals surface area (Å²) in [6.45, 7) is 0. The molecular weight excluding hydrogens is 441 g/mol. The van der Waals surface area contributed by atoms with E-state index in [0.29, 0.717) is 22.3 Å². The number of H-pyrrole nitrogens is 1. The van der Waals surface area contributed by atoms with E-state index in [1.807, 2.05) is 0 Å². The number of nitrogens with one attached hydrogen (secondary N) is 2. The second-order valence-corrected chi connectivity index (χ2v) is 7.28. The summed E-state index contributed by atoms with van der Waals surface area (Å²) >= 11 is 3.09. The molecule has 3 aromatic heterocycles. The van der Waals surface area contributed by atoms with Crippen molar-refractivity contribution in [2.24, 2.45) is 5.92 Å². The van der Waals surface area contributed by atoms with E-state index in [2.05, 4.69) is 41.4 Å². The van der Waals surface area contributed by atoms with E-state index in [-0.39, 0.29) is 22.2 Å². The summed E-state index contributed by atoms with van der Waals surface area (Å²) in [6, 6.07) is 0. The molecule has 0 aliphatic heterocycles. The molecule has 142 valence electrons. The third-order valence-corrected chi connectivity index (χ3v) is 5.38. The molecule has 1 amide bonds. The highest BCUT2D eigenvalue weighted by molar-refractivity contribution is 9.10. The normalized spacial score (nSPS) is 18.7. The Balaban J connectivity index is 1.58. The lowest BCUT2D eigenvalue weighted by Crippen LogP contribution is -2.15. The fourth-order valence-corrected chi connectivity index (χ4v) is 3.66. The minimum Gasteiger partial charge on any atom is -0.309 e. The van der Waals surface area contributed by atoms with Crippen LogP contribution in [0.3, 0.4) is 0 Å². The molecule has 1 aliphatic carbocycles. The van der Waals surface area contributed by atoms with E-state index < -0.39 is 29.6 Å². The highest BCUT2D eigenvalue weighted by atomic mass is 79.9. The number of carbonyl (C=O) groups is 1. The van der Waals surface area contributed by atoms with Crippen molar-refractivity contribution in [1.82, 2.24) is 24.6 Å². The first-order valence-corrected chi connectivity index (χ1v) is 9.03. The first kappa shape index (κ1) is 17.2. The van der Waals surface area contributed by atoms with Gasteiger partial charge in [-0.1, -0.05) is 0 Å². The maximum Gasteiger partial charge on any atom is 0.231 e. The topological polar surface area (TPSA) is 88.0 Å². The highest BCUT2D eigenvalue weighted by Crippen LogP contribution is 2.38. The molecule has 0 saturated heterocycles. The molecule has 0 bridgehead atoms. The quantitative estimate of drug-likeness (QED) is 0.466. The van der Waals surface area contributed by atoms with Crippen LogP contribution in [-0.2, 0) is 4.79 Å². The molecule has 1 fully saturated rings. The minimum atomic E-state index is -1.10. The van der Waals surface area contributed by atoms with Gasteiger partial charge in [-0.3, -0.25) is 14.9 Å². The minimum absolute atomic E-state index is 0.0682. The smallest absolute Gasteiger partial charge is 0.231 e. The van der Waals surface area contributed by atoms with Gasteiger partial charge in [0.2, 0.25) is 5.91 Å². The number of aromatic nitrogens is 5. The fourth-order valence-electron chi connectivity index (χ4n) is 3.07. The van der Waals surface area contributed by atoms with Crippen molar-refractivity contribution in [2.75, 3.05) is 5.32 Å². The van der Waals surface area contributed by atoms with Gasteiger partial charge in [0, 0.05) is 17.1 Å². The number of rotatable bonds is 3. The van der Waals surface area contributed by atoms with Gasteiger partial charge in [-0.2, -0.15) is 5.10 Å². The van der Waals surface area contributed by atoms with Gasteiger partial charge in [0.1, 0.15) is 11.7 Å². The van der Waals surface area contributed by atoms with Gasteiger partial charge in [-0.25, -0.2) is 18.2 Å². The van der Waals surface area contributed by atoms with Crippen molar-refractivity contribution in [3.05, 3.63) is 40.9 Å². The second-order valence-electron chi connectivity index (χ2n) is 6.49. The van der Waals surface area contributed by atoms with Crippen LogP contribution in [0.4, 0.5) is 19.0 Å². The average molecular weight is 451 g/mol. The summed E-state index contributed by atoms with van der Waals surface area (Å²) in [6.07, 6.45) is 5.03. The number of alkyl halides is 1. The van der Waals surface area contributed by atoms with Gasteiger partial charge in [0.25, 0.3) is 0 Å². The summed E-state index contributed by atoms with van der Waals surface area (Å²) in [5.74, 6) is -2.90. The summed E-state index contributed by atoms with van der Waals surface area (Å²) in [4.78, 5) is 20.4. The zero-order valence-corrected chi connectivity index (χ0v) is 15.5. The van der Waals surface area contributed by atoms with Gasteiger partial charge in [0.05, 0.1) is 34.7 Å². The van der Waals surface area contributed by atoms with Gasteiger partial charge in [-0.05, 0) is 22.4 Å². The lowest BCUT2D eigenvalue weighted by Gasteiger charge is -2.08. The summed E-state index contributed by atoms with van der Waals surface area (Å²) < 4.78 is 42.9. The Morgan fingerprint density at radius 1 is 1.29 bits per heavy atom. The summed E-state index contributed by atoms with van der Waals surface area (Å²) in [5, 5.41) is 9.14. The van der Waals surface area contributed by atoms with Crippen molar-refractivity contribution in [2.45, 2.75) is 12.6 Å². The van der Waals surface area contributed by atoms with Gasteiger partial charge in [0.15, 0.2) is 23.1 Å². The van der Waals surface area contributed by atoms with Crippen LogP contribution in [0, 0.1) is 17.6 Å². The number of aromatic amines is 1. The SMILES string of the molecule is O=C(Nc1cn2cc(-c3c(Br)c(F)c(F)c4[nH]ncc34)ncc2n1)[C@@H]1C[C@@H]1F. The number of nitrogens with zero attached hydrogens (tertiary/aromatic N) is 4. The molecule has 3 heterocycles. The van der Waals surface area contributed by atoms with Crippen molar-refractivity contribution >= 4 is 44.2 Å². The average Bonchev–Trinajstić information content (AvgIpc) is 3.06. The van der Waals surface area contributed by atoms with E-state index in [1.165, 1.54) is 18.6 Å². The molecule has 5 rings (SSSR count). The van der Waals surface area contributed by atoms with Crippen LogP contribution in [0.1, 0.15) is 6.42 Å². The second kappa shape index (κ2) is 6.03. The maximum absolute atomic E-state index is 14.3. The number of benzene rings is 1. The summed E-state index contributed by atoms with van der Waals surface area (Å²) in [5.41, 5.74) is 1.02. The molecule has 11 heteroatoms. The fraction of sp³-hybridized carbons (Fsp3) is 0.176. The molecule has 7 nitrogen and oxygen atoms in total. The Hall–Kier alpha value is -2.95. The van der Waals surface area contributed by atoms with Crippen LogP contribution in [0.15, 0.2) is 29.3 Å². The van der Waals surface area contributed by atoms with Crippen LogP contribution in [0.2, 0.25) is 0 Å². The predicted molar refractivity (Wildman–Crippen MR) is 97.3 cm³/mol. The third-order valence-electron chi connectivity index (χ3n) is 4.63. The van der Waals surface area contributed by atoms with Crippen molar-refractivity contribution in [3.8, 4) is 11.3 Å². The lowest BCUT2D eigenvalue weighted by molar-refractivity contribution is -0.117. The molecule has 4 aromatic rings. The standard InChI is InChI=1S/C17H10BrF3N6O/c18-13-12(7-2-23-26-16(7)15(21)14(13)20)9-4-27-5-10(24-11(27)3-22-9)25-17(28)6-1-8(6)19/h2-6,8H,1H2,(H,23,26)(H,25,28)/t6-,8+/m1/s1. The number of imidazole rings is 1. The monoisotopic (exact) mass is 450 g/mol. The first-order valence-electron chi connectivity index (χ1n) is 8.23. The van der Waals surface area contributed by atoms with E-state index in [1.54, 1.807) is 10.6 Å². The van der Waals surface area contributed by atoms with Gasteiger partial charge >= 0.3 is 0 Å². The zero-order valence-electron chi connectivity index (χ0n) is 13.9. The van der Waals surface area contributed by atoms with Crippen LogP contribution in [0.25, 0.3) is 27.8 Å². The molecular formula is C17H10BrF3N6O. The number of hydrogen-bond acceptors (Lipinski definition) is 4. The van der Waals surface area contributed by atoms with Gasteiger partial charge < -0.3 is 9.72 Å². The third kappa shape index (κ3) is 2.57. The number of hydrogen-bond donors (Lipinski definition) is 2. The first-order chi connectivity index (χ1) is 13.4. The number of anilines is 1. The highest BCUT2D eigenvalue weighted by Gasteiger charge is 2.43. The van der Waals surface area contributed by atoms with Crippen LogP contribution in [0.5, 0.6) is 0 Å². The molecule has 1 saturated carbocycles. The number of amides is 1. The number of halogens is 4. The molecule has 1 aromatic carbocycles. The van der Waals surface area contributed by atoms with Crippen LogP contribution < -0.4 is 5.32 Å². The maximum atomic E-state index is 14.3. The van der Waals surface area contributed by atoms with E-state index in [9.17, 15) is 18.0 Å². The zero-order chi connectivity index (χ0) is 19.6. The predicted octanol–water partition coefficient (Wildman–Crippen LogP) is 3.61. The van der Waals surface area contributed by atoms with E-state index >= 15 is 0 Å². The molecule has 0 unspecified atom stereocenters. The van der Waals surface area contributed by atoms with Crippen LogP contribution in [-0.4, -0.2) is 36.6 Å². The Bertz CT molecular complexity index is 1270.